The van der Waals surface area contributed by atoms with Crippen molar-refractivity contribution in [2.45, 2.75) is 32.1 Å². The zero-order valence-corrected chi connectivity index (χ0v) is 11.9. The predicted molar refractivity (Wildman–Crippen MR) is 82.6 cm³/mol. The van der Waals surface area contributed by atoms with Crippen molar-refractivity contribution < 1.29 is 20.4 Å². The molecule has 1 aliphatic rings. The van der Waals surface area contributed by atoms with E-state index in [2.05, 4.69) is 0 Å². The Kier molecular flexibility index (Phi) is 7.58. The summed E-state index contributed by atoms with van der Waals surface area (Å²) in [6.07, 6.45) is 7.50. The minimum atomic E-state index is 0.169. The van der Waals surface area contributed by atoms with E-state index in [9.17, 15) is 0 Å². The molecular formula is C17H22O4. The summed E-state index contributed by atoms with van der Waals surface area (Å²) in [5.41, 5.74) is 0. The van der Waals surface area contributed by atoms with E-state index >= 15 is 0 Å². The fourth-order valence-corrected chi connectivity index (χ4v) is 1.79. The van der Waals surface area contributed by atoms with Gasteiger partial charge in [-0.25, -0.2) is 0 Å². The normalized spacial score (nSPS) is 12.6. The molecule has 21 heavy (non-hydrogen) atoms. The molecule has 4 heteroatoms. The Morgan fingerprint density at radius 1 is 0.381 bits per heavy atom. The second kappa shape index (κ2) is 9.53. The molecule has 4 nitrogen and oxygen atoms in total. The van der Waals surface area contributed by atoms with Gasteiger partial charge in [-0.1, -0.05) is 32.1 Å². The van der Waals surface area contributed by atoms with Gasteiger partial charge in [0.2, 0.25) is 0 Å². The van der Waals surface area contributed by atoms with E-state index in [4.69, 9.17) is 20.4 Å². The molecule has 0 unspecified atom stereocenters. The number of hydrogen-bond acceptors (Lipinski definition) is 4. The van der Waals surface area contributed by atoms with Crippen molar-refractivity contribution in [2.24, 2.45) is 0 Å². The quantitative estimate of drug-likeness (QED) is 0.549. The lowest BCUT2D eigenvalue weighted by Gasteiger charge is -1.88. The van der Waals surface area contributed by atoms with Gasteiger partial charge in [-0.15, -0.1) is 0 Å². The van der Waals surface area contributed by atoms with Gasteiger partial charge in [-0.05, 0) is 48.5 Å². The van der Waals surface area contributed by atoms with E-state index < -0.39 is 0 Å². The Morgan fingerprint density at radius 2 is 0.524 bits per heavy atom. The van der Waals surface area contributed by atoms with Gasteiger partial charge in [-0.3, -0.25) is 0 Å². The lowest BCUT2D eigenvalue weighted by molar-refractivity contribution is 0.460. The molecule has 0 atom stereocenters. The number of phenols is 4. The van der Waals surface area contributed by atoms with Crippen molar-refractivity contribution in [2.75, 3.05) is 0 Å². The third-order valence-corrected chi connectivity index (χ3v) is 2.95. The zero-order valence-electron chi connectivity index (χ0n) is 11.9. The molecule has 0 heterocycles. The lowest BCUT2D eigenvalue weighted by atomic mass is 10.3. The van der Waals surface area contributed by atoms with Gasteiger partial charge in [-0.2, -0.15) is 0 Å². The van der Waals surface area contributed by atoms with Gasteiger partial charge in [0, 0.05) is 0 Å². The van der Waals surface area contributed by atoms with Gasteiger partial charge in [0.05, 0.1) is 0 Å². The summed E-state index contributed by atoms with van der Waals surface area (Å²) >= 11 is 0. The second-order valence-electron chi connectivity index (χ2n) is 4.80. The molecular weight excluding hydrogens is 268 g/mol. The maximum Gasteiger partial charge on any atom is 0.115 e. The van der Waals surface area contributed by atoms with Gasteiger partial charge >= 0.3 is 0 Å². The van der Waals surface area contributed by atoms with Crippen LogP contribution in [-0.4, -0.2) is 20.4 Å². The first-order valence-electron chi connectivity index (χ1n) is 7.04. The molecule has 2 aromatic rings. The Hall–Kier alpha value is -2.36. The summed E-state index contributed by atoms with van der Waals surface area (Å²) in [6, 6.07) is 11.4. The minimum Gasteiger partial charge on any atom is -0.508 e. The van der Waals surface area contributed by atoms with Gasteiger partial charge in [0.25, 0.3) is 0 Å². The molecule has 1 saturated carbocycles. The average molecular weight is 290 g/mol. The minimum absolute atomic E-state index is 0.169. The van der Waals surface area contributed by atoms with Crippen LogP contribution in [0.5, 0.6) is 23.0 Å². The zero-order chi connectivity index (χ0) is 15.5. The number of hydrogen-bond donors (Lipinski definition) is 4. The van der Waals surface area contributed by atoms with Crippen LogP contribution < -0.4 is 0 Å². The predicted octanol–water partition coefficient (Wildman–Crippen LogP) is 4.15. The van der Waals surface area contributed by atoms with E-state index in [-0.39, 0.29) is 23.0 Å². The Labute approximate surface area is 124 Å². The summed E-state index contributed by atoms with van der Waals surface area (Å²) in [5.74, 6) is 0.677. The molecule has 0 aliphatic heterocycles. The first kappa shape index (κ1) is 16.7. The van der Waals surface area contributed by atoms with Crippen molar-refractivity contribution in [3.63, 3.8) is 0 Å². The molecule has 0 saturated heterocycles. The molecule has 0 amide bonds. The Morgan fingerprint density at radius 3 is 0.667 bits per heavy atom. The largest absolute Gasteiger partial charge is 0.508 e. The molecule has 0 bridgehead atoms. The first-order chi connectivity index (χ1) is 10.1. The van der Waals surface area contributed by atoms with Gasteiger partial charge < -0.3 is 20.4 Å². The molecule has 0 aromatic heterocycles. The monoisotopic (exact) mass is 290 g/mol. The van der Waals surface area contributed by atoms with Crippen molar-refractivity contribution in [3.8, 4) is 23.0 Å². The molecule has 3 rings (SSSR count). The highest BCUT2D eigenvalue weighted by Crippen LogP contribution is 2.15. The van der Waals surface area contributed by atoms with E-state index in [0.29, 0.717) is 0 Å². The summed E-state index contributed by atoms with van der Waals surface area (Å²) in [7, 11) is 0. The van der Waals surface area contributed by atoms with Crippen LogP contribution in [0.1, 0.15) is 32.1 Å². The molecule has 4 N–H and O–H groups in total. The number of aromatic hydroxyl groups is 4. The van der Waals surface area contributed by atoms with Crippen molar-refractivity contribution >= 4 is 0 Å². The molecule has 0 spiro atoms. The van der Waals surface area contributed by atoms with Crippen LogP contribution in [0.4, 0.5) is 0 Å². The van der Waals surface area contributed by atoms with E-state index in [1.54, 1.807) is 0 Å². The molecule has 0 radical (unpaired) electrons. The third-order valence-electron chi connectivity index (χ3n) is 2.95. The summed E-state index contributed by atoms with van der Waals surface area (Å²) in [5, 5.41) is 34.6. The summed E-state index contributed by atoms with van der Waals surface area (Å²) < 4.78 is 0. The smallest absolute Gasteiger partial charge is 0.115 e. The van der Waals surface area contributed by atoms with Crippen molar-refractivity contribution in [3.05, 3.63) is 48.5 Å². The molecule has 1 aliphatic carbocycles. The maximum absolute atomic E-state index is 8.65. The van der Waals surface area contributed by atoms with Crippen LogP contribution >= 0.6 is 0 Å². The lowest BCUT2D eigenvalue weighted by Crippen LogP contribution is -1.61. The number of benzene rings is 2. The van der Waals surface area contributed by atoms with Crippen LogP contribution in [0.2, 0.25) is 0 Å². The van der Waals surface area contributed by atoms with Crippen LogP contribution in [0, 0.1) is 0 Å². The van der Waals surface area contributed by atoms with E-state index in [0.717, 1.165) is 0 Å². The summed E-state index contributed by atoms with van der Waals surface area (Å²) in [6.45, 7) is 0. The molecule has 114 valence electrons. The van der Waals surface area contributed by atoms with Gasteiger partial charge in [0.15, 0.2) is 0 Å². The van der Waals surface area contributed by atoms with Crippen LogP contribution in [0.3, 0.4) is 0 Å². The van der Waals surface area contributed by atoms with E-state index in [1.165, 1.54) is 80.6 Å². The van der Waals surface area contributed by atoms with Crippen molar-refractivity contribution in [1.29, 1.82) is 0 Å². The Balaban J connectivity index is 0.000000162. The fraction of sp³-hybridized carbons (Fsp3) is 0.294. The Bertz CT molecular complexity index is 394. The number of rotatable bonds is 0. The molecule has 1 fully saturated rings. The highest BCUT2D eigenvalue weighted by atomic mass is 16.3. The highest BCUT2D eigenvalue weighted by molar-refractivity contribution is 5.29. The number of phenolic OH excluding ortho intramolecular Hbond substituents is 4. The van der Waals surface area contributed by atoms with Crippen LogP contribution in [0.15, 0.2) is 48.5 Å². The van der Waals surface area contributed by atoms with Crippen LogP contribution in [0.25, 0.3) is 0 Å². The highest BCUT2D eigenvalue weighted by Gasteiger charge is 1.95. The van der Waals surface area contributed by atoms with Gasteiger partial charge in [0.1, 0.15) is 23.0 Å². The standard InChI is InChI=1S/2C6H6O2.C5H10/c2*7-5-1-2-6(8)4-3-5;1-2-4-5-3-1/h2*1-4,7-8H;1-5H2. The topological polar surface area (TPSA) is 80.9 Å². The van der Waals surface area contributed by atoms with Crippen LogP contribution in [-0.2, 0) is 0 Å². The first-order valence-corrected chi connectivity index (χ1v) is 7.04. The SMILES string of the molecule is C1CCCC1.Oc1ccc(O)cc1.Oc1ccc(O)cc1. The fourth-order valence-electron chi connectivity index (χ4n) is 1.79. The second-order valence-corrected chi connectivity index (χ2v) is 4.80. The maximum atomic E-state index is 8.65. The van der Waals surface area contributed by atoms with E-state index in [1.807, 2.05) is 0 Å². The third kappa shape index (κ3) is 8.42. The molecule has 2 aromatic carbocycles. The van der Waals surface area contributed by atoms with Crippen molar-refractivity contribution in [1.82, 2.24) is 0 Å². The summed E-state index contributed by atoms with van der Waals surface area (Å²) in [4.78, 5) is 0. The average Bonchev–Trinajstić information content (AvgIpc) is 3.06.